The molecule has 0 spiro atoms. The first kappa shape index (κ1) is 8.60. The van der Waals surface area contributed by atoms with Gasteiger partial charge in [0, 0.05) is 0 Å². The van der Waals surface area contributed by atoms with Crippen molar-refractivity contribution >= 4 is 5.97 Å². The number of nitrogens with zero attached hydrogens (tertiary/aromatic N) is 3. The molecule has 12 heavy (non-hydrogen) atoms. The Morgan fingerprint density at radius 1 is 1.83 bits per heavy atom. The van der Waals surface area contributed by atoms with E-state index in [1.807, 2.05) is 0 Å². The Kier molecular flexibility index (Phi) is 2.70. The fourth-order valence-corrected chi connectivity index (χ4v) is 0.643. The average molecular weight is 172 g/mol. The Bertz CT molecular complexity index is 247. The molecule has 1 heterocycles. The van der Waals surface area contributed by atoms with Gasteiger partial charge in [0.05, 0.1) is 13.5 Å². The molecule has 66 valence electrons. The lowest BCUT2D eigenvalue weighted by Crippen LogP contribution is -2.09. The summed E-state index contributed by atoms with van der Waals surface area (Å²) in [5.74, 6) is -0.437. The summed E-state index contributed by atoms with van der Waals surface area (Å²) in [5.41, 5.74) is 0. The number of aromatic nitrogens is 4. The molecular weight excluding hydrogens is 164 g/mol. The lowest BCUT2D eigenvalue weighted by molar-refractivity contribution is -0.143. The number of aliphatic hydroxyl groups excluding tert-OH is 1. The third-order valence-corrected chi connectivity index (χ3v) is 1.25. The van der Waals surface area contributed by atoms with Crippen LogP contribution in [-0.4, -0.2) is 38.8 Å². The van der Waals surface area contributed by atoms with E-state index in [-0.39, 0.29) is 12.2 Å². The maximum atomic E-state index is 10.6. The van der Waals surface area contributed by atoms with Crippen LogP contribution < -0.4 is 0 Å². The molecule has 0 aliphatic carbocycles. The summed E-state index contributed by atoms with van der Waals surface area (Å²) in [6.45, 7) is 0. The lowest BCUT2D eigenvalue weighted by Gasteiger charge is -2.02. The SMILES string of the molecule is COC(=O)C[C@@H](O)c1nn[nH]n1. The highest BCUT2D eigenvalue weighted by molar-refractivity contribution is 5.69. The molecule has 0 fully saturated rings. The Hall–Kier alpha value is -1.50. The molecule has 1 aromatic heterocycles. The van der Waals surface area contributed by atoms with Gasteiger partial charge in [0.15, 0.2) is 0 Å². The summed E-state index contributed by atoms with van der Waals surface area (Å²) in [5, 5.41) is 21.6. The molecule has 0 radical (unpaired) electrons. The highest BCUT2D eigenvalue weighted by Crippen LogP contribution is 2.09. The molecule has 1 aromatic rings. The van der Waals surface area contributed by atoms with E-state index in [2.05, 4.69) is 25.4 Å². The number of aromatic amines is 1. The number of methoxy groups -OCH3 is 1. The van der Waals surface area contributed by atoms with Crippen LogP contribution in [-0.2, 0) is 9.53 Å². The van der Waals surface area contributed by atoms with Gasteiger partial charge < -0.3 is 9.84 Å². The van der Waals surface area contributed by atoms with E-state index in [1.54, 1.807) is 0 Å². The van der Waals surface area contributed by atoms with Gasteiger partial charge in [-0.15, -0.1) is 10.2 Å². The topological polar surface area (TPSA) is 101 Å². The largest absolute Gasteiger partial charge is 0.469 e. The minimum atomic E-state index is -1.06. The predicted molar refractivity (Wildman–Crippen MR) is 35.8 cm³/mol. The number of carbonyl (C=O) groups is 1. The highest BCUT2D eigenvalue weighted by Gasteiger charge is 2.16. The van der Waals surface area contributed by atoms with E-state index in [4.69, 9.17) is 0 Å². The van der Waals surface area contributed by atoms with Crippen molar-refractivity contribution in [2.75, 3.05) is 7.11 Å². The Balaban J connectivity index is 2.49. The van der Waals surface area contributed by atoms with E-state index in [0.717, 1.165) is 0 Å². The standard InChI is InChI=1S/C5H8N4O3/c1-12-4(11)2-3(10)5-6-8-9-7-5/h3,10H,2H2,1H3,(H,6,7,8,9)/t3-/m1/s1. The average Bonchev–Trinajstić information content (AvgIpc) is 2.56. The van der Waals surface area contributed by atoms with Crippen LogP contribution in [0.25, 0.3) is 0 Å². The minimum Gasteiger partial charge on any atom is -0.469 e. The number of nitrogens with one attached hydrogen (secondary N) is 1. The summed E-state index contributed by atoms with van der Waals surface area (Å²) in [7, 11) is 1.24. The highest BCUT2D eigenvalue weighted by atomic mass is 16.5. The van der Waals surface area contributed by atoms with Crippen molar-refractivity contribution in [3.05, 3.63) is 5.82 Å². The number of H-pyrrole nitrogens is 1. The molecule has 0 saturated carbocycles. The third-order valence-electron chi connectivity index (χ3n) is 1.25. The van der Waals surface area contributed by atoms with E-state index in [9.17, 15) is 9.90 Å². The van der Waals surface area contributed by atoms with Crippen molar-refractivity contribution in [2.24, 2.45) is 0 Å². The quantitative estimate of drug-likeness (QED) is 0.555. The molecule has 0 aliphatic rings. The van der Waals surface area contributed by atoms with Crippen LogP contribution >= 0.6 is 0 Å². The smallest absolute Gasteiger partial charge is 0.308 e. The normalized spacial score (nSPS) is 12.5. The Labute approximate surface area is 67.7 Å². The van der Waals surface area contributed by atoms with Gasteiger partial charge in [-0.3, -0.25) is 4.79 Å². The molecule has 0 aromatic carbocycles. The van der Waals surface area contributed by atoms with E-state index in [0.29, 0.717) is 0 Å². The molecule has 7 heteroatoms. The van der Waals surface area contributed by atoms with Gasteiger partial charge in [-0.2, -0.15) is 5.21 Å². The van der Waals surface area contributed by atoms with Crippen LogP contribution in [0.15, 0.2) is 0 Å². The lowest BCUT2D eigenvalue weighted by atomic mass is 10.2. The first-order valence-corrected chi connectivity index (χ1v) is 3.22. The van der Waals surface area contributed by atoms with Crippen molar-refractivity contribution < 1.29 is 14.6 Å². The number of aliphatic hydroxyl groups is 1. The zero-order valence-electron chi connectivity index (χ0n) is 6.39. The summed E-state index contributed by atoms with van der Waals surface area (Å²) in [6, 6.07) is 0. The second kappa shape index (κ2) is 3.77. The van der Waals surface area contributed by atoms with E-state index in [1.165, 1.54) is 7.11 Å². The van der Waals surface area contributed by atoms with Gasteiger partial charge in [0.2, 0.25) is 5.82 Å². The molecule has 1 atom stereocenters. The molecule has 2 N–H and O–H groups in total. The molecule has 0 aliphatic heterocycles. The molecule has 1 rings (SSSR count). The molecular formula is C5H8N4O3. The Morgan fingerprint density at radius 3 is 3.08 bits per heavy atom. The van der Waals surface area contributed by atoms with Crippen LogP contribution in [0.4, 0.5) is 0 Å². The van der Waals surface area contributed by atoms with Crippen molar-refractivity contribution in [1.29, 1.82) is 0 Å². The maximum Gasteiger partial charge on any atom is 0.308 e. The van der Waals surface area contributed by atoms with Gasteiger partial charge in [-0.05, 0) is 0 Å². The van der Waals surface area contributed by atoms with Crippen molar-refractivity contribution in [3.63, 3.8) is 0 Å². The molecule has 0 amide bonds. The van der Waals surface area contributed by atoms with Crippen LogP contribution in [0, 0.1) is 0 Å². The summed E-state index contributed by atoms with van der Waals surface area (Å²) in [4.78, 5) is 10.6. The number of ether oxygens (including phenoxy) is 1. The number of carbonyl (C=O) groups excluding carboxylic acids is 1. The third kappa shape index (κ3) is 1.99. The summed E-state index contributed by atoms with van der Waals surface area (Å²) >= 11 is 0. The number of rotatable bonds is 3. The first-order chi connectivity index (χ1) is 5.74. The summed E-state index contributed by atoms with van der Waals surface area (Å²) < 4.78 is 4.33. The Morgan fingerprint density at radius 2 is 2.58 bits per heavy atom. The summed E-state index contributed by atoms with van der Waals surface area (Å²) in [6.07, 6.45) is -1.23. The van der Waals surface area contributed by atoms with Gasteiger partial charge in [0.1, 0.15) is 6.10 Å². The zero-order chi connectivity index (χ0) is 8.97. The number of esters is 1. The van der Waals surface area contributed by atoms with Gasteiger partial charge in [0.25, 0.3) is 0 Å². The van der Waals surface area contributed by atoms with Gasteiger partial charge >= 0.3 is 5.97 Å². The molecule has 0 bridgehead atoms. The molecule has 0 saturated heterocycles. The van der Waals surface area contributed by atoms with Crippen LogP contribution in [0.1, 0.15) is 18.3 Å². The van der Waals surface area contributed by atoms with E-state index >= 15 is 0 Å². The van der Waals surface area contributed by atoms with Crippen LogP contribution in [0.5, 0.6) is 0 Å². The number of hydrogen-bond acceptors (Lipinski definition) is 6. The number of tetrazole rings is 1. The maximum absolute atomic E-state index is 10.6. The zero-order valence-corrected chi connectivity index (χ0v) is 6.39. The van der Waals surface area contributed by atoms with Crippen molar-refractivity contribution in [2.45, 2.75) is 12.5 Å². The molecule has 7 nitrogen and oxygen atoms in total. The van der Waals surface area contributed by atoms with Crippen LogP contribution in [0.3, 0.4) is 0 Å². The van der Waals surface area contributed by atoms with E-state index < -0.39 is 12.1 Å². The minimum absolute atomic E-state index is 0.0837. The molecule has 0 unspecified atom stereocenters. The fraction of sp³-hybridized carbons (Fsp3) is 0.600. The van der Waals surface area contributed by atoms with Crippen molar-refractivity contribution in [1.82, 2.24) is 20.6 Å². The van der Waals surface area contributed by atoms with Gasteiger partial charge in [-0.1, -0.05) is 5.21 Å². The van der Waals surface area contributed by atoms with Crippen LogP contribution in [0.2, 0.25) is 0 Å². The van der Waals surface area contributed by atoms with Crippen molar-refractivity contribution in [3.8, 4) is 0 Å². The van der Waals surface area contributed by atoms with Gasteiger partial charge in [-0.25, -0.2) is 0 Å². The second-order valence-corrected chi connectivity index (χ2v) is 2.07. The fourth-order valence-electron chi connectivity index (χ4n) is 0.643. The monoisotopic (exact) mass is 172 g/mol. The first-order valence-electron chi connectivity index (χ1n) is 3.22. The second-order valence-electron chi connectivity index (χ2n) is 2.07. The predicted octanol–water partition coefficient (Wildman–Crippen LogP) is -1.20. The number of hydrogen-bond donors (Lipinski definition) is 2.